The van der Waals surface area contributed by atoms with Gasteiger partial charge in [-0.3, -0.25) is 14.4 Å². The van der Waals surface area contributed by atoms with E-state index >= 15 is 4.79 Å². The van der Waals surface area contributed by atoms with Gasteiger partial charge in [-0.15, -0.1) is 0 Å². The van der Waals surface area contributed by atoms with Gasteiger partial charge in [0.2, 0.25) is 5.60 Å². The molecule has 6 rings (SSSR count). The molecule has 0 aromatic heterocycles. The Morgan fingerprint density at radius 3 is 2.15 bits per heavy atom. The molecule has 10 atom stereocenters. The molecule has 1 N–H and O–H groups in total. The molecule has 2 saturated heterocycles. The number of hydrogen-bond donors (Lipinski definition) is 1. The number of Topliss-reactive ketones (excluding diaryl/α,β-unsaturated/α-hetero) is 1. The lowest BCUT2D eigenvalue weighted by Gasteiger charge is -2.67. The van der Waals surface area contributed by atoms with E-state index in [2.05, 4.69) is 0 Å². The van der Waals surface area contributed by atoms with Gasteiger partial charge in [0.15, 0.2) is 29.7 Å². The first kappa shape index (κ1) is 37.3. The zero-order chi connectivity index (χ0) is 38.3. The van der Waals surface area contributed by atoms with Crippen LogP contribution in [0.4, 0.5) is 9.59 Å². The third-order valence-corrected chi connectivity index (χ3v) is 11.3. The van der Waals surface area contributed by atoms with E-state index in [0.717, 1.165) is 13.8 Å². The van der Waals surface area contributed by atoms with Gasteiger partial charge < -0.3 is 43.0 Å². The number of benzene rings is 1. The Labute approximate surface area is 300 Å². The molecule has 1 aromatic carbocycles. The van der Waals surface area contributed by atoms with Crippen LogP contribution in [0, 0.1) is 16.7 Å². The number of ketones is 1. The fourth-order valence-electron chi connectivity index (χ4n) is 9.19. The minimum Gasteiger partial charge on any atom is -0.454 e. The second kappa shape index (κ2) is 12.3. The van der Waals surface area contributed by atoms with Crippen molar-refractivity contribution in [1.82, 2.24) is 0 Å². The maximum Gasteiger partial charge on any atom is 0.509 e. The van der Waals surface area contributed by atoms with Crippen LogP contribution in [0.5, 0.6) is 0 Å². The first-order valence-electron chi connectivity index (χ1n) is 17.1. The van der Waals surface area contributed by atoms with Gasteiger partial charge in [0, 0.05) is 25.7 Å². The van der Waals surface area contributed by atoms with Gasteiger partial charge in [-0.2, -0.15) is 0 Å². The summed E-state index contributed by atoms with van der Waals surface area (Å²) in [6.45, 7) is 12.9. The third kappa shape index (κ3) is 5.37. The standard InChI is InChI=1S/C37H44O15/c1-17-23-25(46-18(2)38)27(41)35(9)21(47-31(43)51-33(4,5)6)15-22-36(16-45-22,50-19(3)39)26(35)29(48-30(42)20-13-11-10-12-14-20)37(34(23,7)8)28(24(17)40)49-32(44)52-37/h10-14,21-22,24-26,28-29,40H,15-16H2,1-9H3/t21-,22+,24?,25+,26-,28-,29-,35+,36-,37+/m0/s1. The number of hydrogen-bond acceptors (Lipinski definition) is 15. The number of carbonyl (C=O) groups excluding carboxylic acids is 6. The Morgan fingerprint density at radius 2 is 1.60 bits per heavy atom. The van der Waals surface area contributed by atoms with Gasteiger partial charge in [-0.25, -0.2) is 14.4 Å². The van der Waals surface area contributed by atoms with Crippen LogP contribution < -0.4 is 0 Å². The Kier molecular flexibility index (Phi) is 8.81. The van der Waals surface area contributed by atoms with E-state index in [0.29, 0.717) is 0 Å². The highest BCUT2D eigenvalue weighted by atomic mass is 16.8. The second-order valence-electron chi connectivity index (χ2n) is 15.8. The minimum atomic E-state index is -2.19. The Morgan fingerprint density at radius 1 is 0.942 bits per heavy atom. The summed E-state index contributed by atoms with van der Waals surface area (Å²) in [6.07, 6.45) is -11.9. The molecule has 1 spiro atoms. The van der Waals surface area contributed by atoms with E-state index in [4.69, 9.17) is 37.9 Å². The molecule has 2 aliphatic heterocycles. The number of fused-ring (bicyclic) bond motifs is 4. The van der Waals surface area contributed by atoms with Crippen molar-refractivity contribution < 1.29 is 71.8 Å². The molecule has 282 valence electrons. The Bertz CT molecular complexity index is 1740. The van der Waals surface area contributed by atoms with Crippen molar-refractivity contribution in [3.05, 3.63) is 47.0 Å². The first-order chi connectivity index (χ1) is 24.1. The molecule has 0 radical (unpaired) electrons. The summed E-state index contributed by atoms with van der Waals surface area (Å²) in [6, 6.07) is 7.87. The molecular formula is C37H44O15. The smallest absolute Gasteiger partial charge is 0.454 e. The quantitative estimate of drug-likeness (QED) is 0.261. The maximum atomic E-state index is 15.6. The Hall–Kier alpha value is -4.50. The van der Waals surface area contributed by atoms with Crippen LogP contribution in [-0.4, -0.2) is 101 Å². The normalized spacial score (nSPS) is 37.2. The van der Waals surface area contributed by atoms with Crippen molar-refractivity contribution in [3.8, 4) is 0 Å². The molecule has 2 bridgehead atoms. The number of ether oxygens (including phenoxy) is 8. The van der Waals surface area contributed by atoms with Crippen LogP contribution >= 0.6 is 0 Å². The lowest BCUT2D eigenvalue weighted by Crippen LogP contribution is -2.83. The zero-order valence-electron chi connectivity index (χ0n) is 30.5. The first-order valence-corrected chi connectivity index (χ1v) is 17.1. The van der Waals surface area contributed by atoms with Crippen molar-refractivity contribution in [2.45, 2.75) is 122 Å². The number of aliphatic hydroxyl groups excluding tert-OH is 1. The highest BCUT2D eigenvalue weighted by Gasteiger charge is 2.83. The van der Waals surface area contributed by atoms with Crippen LogP contribution in [0.3, 0.4) is 0 Å². The number of aliphatic hydroxyl groups is 1. The lowest BCUT2D eigenvalue weighted by atomic mass is 9.44. The second-order valence-corrected chi connectivity index (χ2v) is 15.8. The molecule has 2 heterocycles. The molecule has 1 aromatic rings. The SMILES string of the molecule is CC(=O)O[C@H]1C(=O)[C@]2(C)[C@@H](OC(=O)OC(C)(C)C)C[C@H]3OC[C@@]3(OC(C)=O)[C@H]2[C@H](OC(=O)c2ccccc2)[C@]23OC(=O)O[C@H]2C(O)C(C)=C1C3(C)C. The highest BCUT2D eigenvalue weighted by molar-refractivity contribution is 5.96. The van der Waals surface area contributed by atoms with Crippen LogP contribution in [0.15, 0.2) is 41.5 Å². The molecule has 15 heteroatoms. The summed E-state index contributed by atoms with van der Waals surface area (Å²) in [5.41, 5.74) is -8.40. The van der Waals surface area contributed by atoms with Gasteiger partial charge in [0.1, 0.15) is 23.9 Å². The fourth-order valence-corrected chi connectivity index (χ4v) is 9.19. The van der Waals surface area contributed by atoms with Crippen LogP contribution in [-0.2, 0) is 52.3 Å². The molecule has 2 saturated carbocycles. The predicted molar refractivity (Wildman–Crippen MR) is 174 cm³/mol. The summed E-state index contributed by atoms with van der Waals surface area (Å²) in [4.78, 5) is 82.5. The van der Waals surface area contributed by atoms with E-state index in [1.165, 1.54) is 26.0 Å². The van der Waals surface area contributed by atoms with Crippen molar-refractivity contribution in [2.24, 2.45) is 16.7 Å². The maximum absolute atomic E-state index is 15.6. The van der Waals surface area contributed by atoms with Gasteiger partial charge in [-0.05, 0) is 57.9 Å². The topological polar surface area (TPSA) is 196 Å². The monoisotopic (exact) mass is 728 g/mol. The van der Waals surface area contributed by atoms with Gasteiger partial charge >= 0.3 is 30.2 Å². The average molecular weight is 729 g/mol. The molecule has 52 heavy (non-hydrogen) atoms. The van der Waals surface area contributed by atoms with E-state index in [-0.39, 0.29) is 29.7 Å². The molecule has 5 aliphatic rings. The van der Waals surface area contributed by atoms with Gasteiger partial charge in [-0.1, -0.05) is 32.0 Å². The Balaban J connectivity index is 1.71. The van der Waals surface area contributed by atoms with E-state index in [1.54, 1.807) is 52.8 Å². The summed E-state index contributed by atoms with van der Waals surface area (Å²) in [7, 11) is 0. The molecule has 0 amide bonds. The molecular weight excluding hydrogens is 684 g/mol. The van der Waals surface area contributed by atoms with E-state index in [1.807, 2.05) is 0 Å². The lowest BCUT2D eigenvalue weighted by molar-refractivity contribution is -0.346. The van der Waals surface area contributed by atoms with Crippen LogP contribution in [0.1, 0.15) is 79.1 Å². The minimum absolute atomic E-state index is 0.0553. The average Bonchev–Trinajstić information content (AvgIpc) is 3.40. The predicted octanol–water partition coefficient (Wildman–Crippen LogP) is 3.77. The highest BCUT2D eigenvalue weighted by Crippen LogP contribution is 2.67. The molecule has 3 aliphatic carbocycles. The summed E-state index contributed by atoms with van der Waals surface area (Å²) in [5, 5.41) is 11.9. The summed E-state index contributed by atoms with van der Waals surface area (Å²) < 4.78 is 47.7. The largest absolute Gasteiger partial charge is 0.509 e. The summed E-state index contributed by atoms with van der Waals surface area (Å²) >= 11 is 0. The van der Waals surface area contributed by atoms with Gasteiger partial charge in [0.05, 0.1) is 23.5 Å². The van der Waals surface area contributed by atoms with Crippen molar-refractivity contribution in [3.63, 3.8) is 0 Å². The summed E-state index contributed by atoms with van der Waals surface area (Å²) in [5.74, 6) is -4.96. The van der Waals surface area contributed by atoms with Crippen molar-refractivity contribution in [2.75, 3.05) is 6.61 Å². The zero-order valence-corrected chi connectivity index (χ0v) is 30.5. The third-order valence-electron chi connectivity index (χ3n) is 11.3. The molecule has 4 fully saturated rings. The van der Waals surface area contributed by atoms with Crippen LogP contribution in [0.25, 0.3) is 0 Å². The molecule has 1 unspecified atom stereocenters. The van der Waals surface area contributed by atoms with Crippen LogP contribution in [0.2, 0.25) is 0 Å². The number of rotatable bonds is 5. The van der Waals surface area contributed by atoms with Gasteiger partial charge in [0.25, 0.3) is 0 Å². The van der Waals surface area contributed by atoms with Crippen molar-refractivity contribution >= 4 is 36.0 Å². The number of esters is 3. The number of carbonyl (C=O) groups is 6. The van der Waals surface area contributed by atoms with E-state index in [9.17, 15) is 29.1 Å². The fraction of sp³-hybridized carbons (Fsp3) is 0.622. The van der Waals surface area contributed by atoms with Crippen molar-refractivity contribution in [1.29, 1.82) is 0 Å². The van der Waals surface area contributed by atoms with E-state index < -0.39 is 106 Å². The molecule has 15 nitrogen and oxygen atoms in total.